The molecule has 1 heteroatoms. The molecule has 76 valence electrons. The fraction of sp³-hybridized carbons (Fsp3) is 0.385. The van der Waals surface area contributed by atoms with Crippen LogP contribution in [0.3, 0.4) is 0 Å². The van der Waals surface area contributed by atoms with E-state index in [0.29, 0.717) is 12.3 Å². The van der Waals surface area contributed by atoms with E-state index in [9.17, 15) is 5.11 Å². The summed E-state index contributed by atoms with van der Waals surface area (Å²) in [5, 5.41) is 9.61. The van der Waals surface area contributed by atoms with Crippen molar-refractivity contribution < 1.29 is 5.11 Å². The van der Waals surface area contributed by atoms with E-state index in [1.807, 2.05) is 18.2 Å². The highest BCUT2D eigenvalue weighted by molar-refractivity contribution is 5.18. The lowest BCUT2D eigenvalue weighted by molar-refractivity contribution is 0.160. The van der Waals surface area contributed by atoms with Gasteiger partial charge in [-0.05, 0) is 24.3 Å². The molecule has 0 aromatic heterocycles. The number of rotatable bonds is 5. The fourth-order valence-corrected chi connectivity index (χ4v) is 1.61. The summed E-state index contributed by atoms with van der Waals surface area (Å²) < 4.78 is 0. The third-order valence-corrected chi connectivity index (χ3v) is 2.43. The maximum Gasteiger partial charge on any atom is 0.0580 e. The van der Waals surface area contributed by atoms with Gasteiger partial charge in [0.25, 0.3) is 0 Å². The first-order chi connectivity index (χ1) is 6.74. The van der Waals surface area contributed by atoms with Crippen molar-refractivity contribution in [2.24, 2.45) is 0 Å². The number of aliphatic hydroxyl groups excluding tert-OH is 1. The third-order valence-electron chi connectivity index (χ3n) is 2.43. The van der Waals surface area contributed by atoms with Crippen LogP contribution in [0.15, 0.2) is 43.0 Å². The first-order valence-corrected chi connectivity index (χ1v) is 5.08. The minimum absolute atomic E-state index is 0.261. The van der Waals surface area contributed by atoms with Crippen molar-refractivity contribution in [2.45, 2.75) is 31.8 Å². The molecular formula is C13H18O. The summed E-state index contributed by atoms with van der Waals surface area (Å²) in [4.78, 5) is 0. The number of benzene rings is 1. The van der Waals surface area contributed by atoms with Crippen LogP contribution >= 0.6 is 0 Å². The zero-order valence-electron chi connectivity index (χ0n) is 8.69. The Kier molecular flexibility index (Phi) is 4.41. The van der Waals surface area contributed by atoms with Crippen molar-refractivity contribution in [1.29, 1.82) is 0 Å². The molecular weight excluding hydrogens is 172 g/mol. The van der Waals surface area contributed by atoms with Crippen LogP contribution in [-0.4, -0.2) is 11.2 Å². The second kappa shape index (κ2) is 5.61. The average molecular weight is 190 g/mol. The Morgan fingerprint density at radius 2 is 2.00 bits per heavy atom. The minimum Gasteiger partial charge on any atom is -0.393 e. The monoisotopic (exact) mass is 190 g/mol. The minimum atomic E-state index is -0.261. The number of hydrogen-bond donors (Lipinski definition) is 1. The van der Waals surface area contributed by atoms with Gasteiger partial charge in [-0.1, -0.05) is 43.3 Å². The molecule has 2 atom stereocenters. The largest absolute Gasteiger partial charge is 0.393 e. The van der Waals surface area contributed by atoms with Crippen LogP contribution in [0, 0.1) is 0 Å². The van der Waals surface area contributed by atoms with Crippen LogP contribution in [0.2, 0.25) is 0 Å². The Hall–Kier alpha value is -1.08. The van der Waals surface area contributed by atoms with Crippen molar-refractivity contribution >= 4 is 0 Å². The van der Waals surface area contributed by atoms with Crippen molar-refractivity contribution in [3.63, 3.8) is 0 Å². The lowest BCUT2D eigenvalue weighted by Gasteiger charge is -2.15. The van der Waals surface area contributed by atoms with Gasteiger partial charge in [-0.2, -0.15) is 0 Å². The number of hydrogen-bond acceptors (Lipinski definition) is 1. The Bertz CT molecular complexity index is 266. The number of aliphatic hydroxyl groups is 1. The summed E-state index contributed by atoms with van der Waals surface area (Å²) in [7, 11) is 0. The van der Waals surface area contributed by atoms with Gasteiger partial charge in [-0.3, -0.25) is 0 Å². The Balaban J connectivity index is 2.50. The average Bonchev–Trinajstić information content (AvgIpc) is 2.19. The highest BCUT2D eigenvalue weighted by atomic mass is 16.3. The molecule has 0 radical (unpaired) electrons. The van der Waals surface area contributed by atoms with Gasteiger partial charge in [0.05, 0.1) is 6.10 Å². The van der Waals surface area contributed by atoms with Crippen molar-refractivity contribution in [3.8, 4) is 0 Å². The zero-order valence-corrected chi connectivity index (χ0v) is 8.69. The van der Waals surface area contributed by atoms with Crippen molar-refractivity contribution in [2.75, 3.05) is 0 Å². The van der Waals surface area contributed by atoms with E-state index < -0.39 is 0 Å². The van der Waals surface area contributed by atoms with Gasteiger partial charge >= 0.3 is 0 Å². The molecule has 0 saturated carbocycles. The fourth-order valence-electron chi connectivity index (χ4n) is 1.61. The molecule has 0 aliphatic carbocycles. The van der Waals surface area contributed by atoms with E-state index in [0.717, 1.165) is 6.42 Å². The Morgan fingerprint density at radius 1 is 1.36 bits per heavy atom. The summed E-state index contributed by atoms with van der Waals surface area (Å²) in [6.07, 6.45) is 2.98. The molecule has 1 rings (SSSR count). The standard InChI is InChI=1S/C13H18O/c1-3-7-13(14)10-11(2)12-8-5-4-6-9-12/h3-6,8-9,11,13-14H,1,7,10H2,2H3/t11-,13?/m1/s1. The van der Waals surface area contributed by atoms with Crippen LogP contribution in [0.1, 0.15) is 31.2 Å². The summed E-state index contributed by atoms with van der Waals surface area (Å²) in [5.74, 6) is 0.408. The highest BCUT2D eigenvalue weighted by Gasteiger charge is 2.10. The lowest BCUT2D eigenvalue weighted by Crippen LogP contribution is -2.09. The summed E-state index contributed by atoms with van der Waals surface area (Å²) in [5.41, 5.74) is 1.29. The predicted molar refractivity (Wildman–Crippen MR) is 60.3 cm³/mol. The molecule has 1 aromatic rings. The van der Waals surface area contributed by atoms with Crippen molar-refractivity contribution in [1.82, 2.24) is 0 Å². The first kappa shape index (κ1) is 11.0. The van der Waals surface area contributed by atoms with E-state index in [2.05, 4.69) is 25.6 Å². The maximum atomic E-state index is 9.61. The smallest absolute Gasteiger partial charge is 0.0580 e. The summed E-state index contributed by atoms with van der Waals surface area (Å²) >= 11 is 0. The Morgan fingerprint density at radius 3 is 2.57 bits per heavy atom. The summed E-state index contributed by atoms with van der Waals surface area (Å²) in [6, 6.07) is 10.3. The zero-order chi connectivity index (χ0) is 10.4. The molecule has 0 bridgehead atoms. The molecule has 0 aliphatic rings. The van der Waals surface area contributed by atoms with Gasteiger partial charge in [0.1, 0.15) is 0 Å². The van der Waals surface area contributed by atoms with E-state index in [-0.39, 0.29) is 6.10 Å². The normalized spacial score (nSPS) is 14.7. The predicted octanol–water partition coefficient (Wildman–Crippen LogP) is 3.12. The van der Waals surface area contributed by atoms with E-state index in [1.165, 1.54) is 5.56 Å². The molecule has 1 nitrogen and oxygen atoms in total. The SMILES string of the molecule is C=CCC(O)C[C@@H](C)c1ccccc1. The second-order valence-electron chi connectivity index (χ2n) is 3.73. The van der Waals surface area contributed by atoms with Gasteiger partial charge in [0.2, 0.25) is 0 Å². The second-order valence-corrected chi connectivity index (χ2v) is 3.73. The lowest BCUT2D eigenvalue weighted by atomic mass is 9.94. The van der Waals surface area contributed by atoms with Crippen LogP contribution in [0.25, 0.3) is 0 Å². The molecule has 1 aromatic carbocycles. The van der Waals surface area contributed by atoms with Gasteiger partial charge in [0.15, 0.2) is 0 Å². The molecule has 1 N–H and O–H groups in total. The van der Waals surface area contributed by atoms with Crippen molar-refractivity contribution in [3.05, 3.63) is 48.6 Å². The molecule has 1 unspecified atom stereocenters. The molecule has 14 heavy (non-hydrogen) atoms. The first-order valence-electron chi connectivity index (χ1n) is 5.08. The third kappa shape index (κ3) is 3.35. The van der Waals surface area contributed by atoms with Crippen LogP contribution < -0.4 is 0 Å². The van der Waals surface area contributed by atoms with Crippen LogP contribution in [-0.2, 0) is 0 Å². The molecule has 0 fully saturated rings. The molecule has 0 spiro atoms. The Labute approximate surface area is 86.1 Å². The van der Waals surface area contributed by atoms with E-state index >= 15 is 0 Å². The van der Waals surface area contributed by atoms with Crippen LogP contribution in [0.4, 0.5) is 0 Å². The van der Waals surface area contributed by atoms with Crippen LogP contribution in [0.5, 0.6) is 0 Å². The quantitative estimate of drug-likeness (QED) is 0.707. The topological polar surface area (TPSA) is 20.2 Å². The van der Waals surface area contributed by atoms with Gasteiger partial charge in [-0.25, -0.2) is 0 Å². The van der Waals surface area contributed by atoms with Gasteiger partial charge in [0, 0.05) is 0 Å². The molecule has 0 saturated heterocycles. The maximum absolute atomic E-state index is 9.61. The van der Waals surface area contributed by atoms with Gasteiger partial charge < -0.3 is 5.11 Å². The molecule has 0 heterocycles. The highest BCUT2D eigenvalue weighted by Crippen LogP contribution is 2.21. The van der Waals surface area contributed by atoms with E-state index in [1.54, 1.807) is 6.08 Å². The molecule has 0 amide bonds. The molecule has 0 aliphatic heterocycles. The van der Waals surface area contributed by atoms with E-state index in [4.69, 9.17) is 0 Å². The van der Waals surface area contributed by atoms with Gasteiger partial charge in [-0.15, -0.1) is 6.58 Å². The summed E-state index contributed by atoms with van der Waals surface area (Å²) in [6.45, 7) is 5.76.